The van der Waals surface area contributed by atoms with E-state index in [0.29, 0.717) is 22.6 Å². The highest BCUT2D eigenvalue weighted by Gasteiger charge is 2.19. The van der Waals surface area contributed by atoms with Crippen LogP contribution in [0.1, 0.15) is 22.8 Å². The van der Waals surface area contributed by atoms with Crippen LogP contribution in [0, 0.1) is 0 Å². The molecule has 1 atom stereocenters. The summed E-state index contributed by atoms with van der Waals surface area (Å²) in [6.45, 7) is 1.86. The van der Waals surface area contributed by atoms with Gasteiger partial charge in [-0.15, -0.1) is 0 Å². The van der Waals surface area contributed by atoms with Gasteiger partial charge in [0.15, 0.2) is 0 Å². The van der Waals surface area contributed by atoms with Crippen LogP contribution in [0.25, 0.3) is 0 Å². The van der Waals surface area contributed by atoms with E-state index in [9.17, 15) is 14.3 Å². The molecule has 128 valence electrons. The summed E-state index contributed by atoms with van der Waals surface area (Å²) in [5.74, 6) is 0.736. The predicted octanol–water partition coefficient (Wildman–Crippen LogP) is 3.99. The number of carbonyl (C=O) groups excluding carboxylic acids is 1. The van der Waals surface area contributed by atoms with E-state index in [1.54, 1.807) is 55.5 Å². The zero-order chi connectivity index (χ0) is 17.6. The van der Waals surface area contributed by atoms with E-state index in [4.69, 9.17) is 9.26 Å². The van der Waals surface area contributed by atoms with Crippen molar-refractivity contribution in [3.05, 3.63) is 59.7 Å². The third-order valence-electron chi connectivity index (χ3n) is 3.15. The van der Waals surface area contributed by atoms with Crippen molar-refractivity contribution in [2.75, 3.05) is 13.7 Å². The molecule has 0 amide bonds. The highest BCUT2D eigenvalue weighted by atomic mass is 31.2. The maximum absolute atomic E-state index is 11.7. The van der Waals surface area contributed by atoms with Crippen LogP contribution in [0.15, 0.2) is 48.5 Å². The first-order valence-corrected chi connectivity index (χ1v) is 9.11. The molecule has 2 aromatic carbocycles. The van der Waals surface area contributed by atoms with Crippen LogP contribution in [0.3, 0.4) is 0 Å². The molecule has 0 aliphatic carbocycles. The second kappa shape index (κ2) is 8.11. The first kappa shape index (κ1) is 18.2. The number of methoxy groups -OCH3 is 1. The average molecular weight is 350 g/mol. The molecule has 1 unspecified atom stereocenters. The van der Waals surface area contributed by atoms with Gasteiger partial charge in [-0.05, 0) is 48.9 Å². The number of benzene rings is 2. The molecular formula is C17H19O6P. The zero-order valence-electron chi connectivity index (χ0n) is 13.5. The second-order valence-electron chi connectivity index (χ2n) is 4.98. The lowest BCUT2D eigenvalue weighted by atomic mass is 10.2. The van der Waals surface area contributed by atoms with Crippen molar-refractivity contribution in [1.29, 1.82) is 0 Å². The minimum absolute atomic E-state index is 0.0467. The Labute approximate surface area is 140 Å². The maximum Gasteiger partial charge on any atom is 0.337 e. The van der Waals surface area contributed by atoms with Crippen molar-refractivity contribution < 1.29 is 28.3 Å². The highest BCUT2D eigenvalue weighted by Crippen LogP contribution is 2.45. The van der Waals surface area contributed by atoms with Crippen molar-refractivity contribution in [3.8, 4) is 11.5 Å². The molecule has 0 saturated carbocycles. The summed E-state index contributed by atoms with van der Waals surface area (Å²) in [7, 11) is -2.27. The van der Waals surface area contributed by atoms with Crippen molar-refractivity contribution >= 4 is 13.6 Å². The van der Waals surface area contributed by atoms with Crippen LogP contribution < -0.4 is 4.74 Å². The number of hydrogen-bond donors (Lipinski definition) is 1. The summed E-state index contributed by atoms with van der Waals surface area (Å²) in [4.78, 5) is 21.0. The Morgan fingerprint density at radius 2 is 1.58 bits per heavy atom. The molecule has 0 heterocycles. The molecular weight excluding hydrogens is 331 g/mol. The van der Waals surface area contributed by atoms with Crippen molar-refractivity contribution in [3.63, 3.8) is 0 Å². The van der Waals surface area contributed by atoms with Crippen LogP contribution in [0.4, 0.5) is 0 Å². The summed E-state index contributed by atoms with van der Waals surface area (Å²) in [5.41, 5.74) is 1.12. The van der Waals surface area contributed by atoms with Crippen LogP contribution in [0.5, 0.6) is 11.5 Å². The van der Waals surface area contributed by atoms with E-state index < -0.39 is 13.6 Å². The third-order valence-corrected chi connectivity index (χ3v) is 4.57. The lowest BCUT2D eigenvalue weighted by Gasteiger charge is -2.11. The van der Waals surface area contributed by atoms with Gasteiger partial charge in [0.05, 0.1) is 25.4 Å². The largest absolute Gasteiger partial charge is 0.465 e. The summed E-state index contributed by atoms with van der Waals surface area (Å²) in [5, 5.41) is 0. The molecule has 0 spiro atoms. The van der Waals surface area contributed by atoms with Gasteiger partial charge in [0.25, 0.3) is 0 Å². The Kier molecular flexibility index (Phi) is 6.15. The first-order chi connectivity index (χ1) is 11.4. The van der Waals surface area contributed by atoms with Crippen molar-refractivity contribution in [2.45, 2.75) is 13.1 Å². The lowest BCUT2D eigenvalue weighted by molar-refractivity contribution is 0.0600. The highest BCUT2D eigenvalue weighted by molar-refractivity contribution is 7.51. The fourth-order valence-corrected chi connectivity index (χ4v) is 3.22. The normalized spacial score (nSPS) is 13.1. The minimum atomic E-state index is -3.60. The van der Waals surface area contributed by atoms with Gasteiger partial charge in [0.1, 0.15) is 11.5 Å². The quantitative estimate of drug-likeness (QED) is 0.601. The minimum Gasteiger partial charge on any atom is -0.465 e. The number of carbonyl (C=O) groups is 1. The van der Waals surface area contributed by atoms with Crippen LogP contribution >= 0.6 is 7.60 Å². The smallest absolute Gasteiger partial charge is 0.337 e. The molecule has 0 aromatic heterocycles. The van der Waals surface area contributed by atoms with Crippen molar-refractivity contribution in [2.24, 2.45) is 0 Å². The van der Waals surface area contributed by atoms with E-state index in [-0.39, 0.29) is 12.8 Å². The summed E-state index contributed by atoms with van der Waals surface area (Å²) >= 11 is 0. The van der Waals surface area contributed by atoms with Gasteiger partial charge >= 0.3 is 13.6 Å². The molecule has 2 rings (SSSR count). The third kappa shape index (κ3) is 5.20. The molecule has 24 heavy (non-hydrogen) atoms. The van der Waals surface area contributed by atoms with Crippen LogP contribution in [-0.2, 0) is 20.0 Å². The summed E-state index contributed by atoms with van der Waals surface area (Å²) in [6.07, 6.45) is -0.0467. The Morgan fingerprint density at radius 1 is 1.04 bits per heavy atom. The number of ether oxygens (including phenoxy) is 2. The fraction of sp³-hybridized carbons (Fsp3) is 0.235. The average Bonchev–Trinajstić information content (AvgIpc) is 2.56. The molecule has 0 bridgehead atoms. The fourth-order valence-electron chi connectivity index (χ4n) is 2.05. The second-order valence-corrected chi connectivity index (χ2v) is 6.82. The monoisotopic (exact) mass is 350 g/mol. The molecule has 1 N–H and O–H groups in total. The first-order valence-electron chi connectivity index (χ1n) is 7.35. The molecule has 2 aromatic rings. The van der Waals surface area contributed by atoms with E-state index >= 15 is 0 Å². The van der Waals surface area contributed by atoms with Gasteiger partial charge in [0.2, 0.25) is 0 Å². The topological polar surface area (TPSA) is 82.1 Å². The van der Waals surface area contributed by atoms with Gasteiger partial charge in [-0.25, -0.2) is 4.79 Å². The van der Waals surface area contributed by atoms with Gasteiger partial charge in [0, 0.05) is 0 Å². The molecule has 0 saturated heterocycles. The van der Waals surface area contributed by atoms with Gasteiger partial charge in [-0.2, -0.15) is 0 Å². The Morgan fingerprint density at radius 3 is 2.08 bits per heavy atom. The molecule has 0 aliphatic rings. The van der Waals surface area contributed by atoms with Gasteiger partial charge in [-0.1, -0.05) is 12.1 Å². The Balaban J connectivity index is 2.01. The molecule has 0 aliphatic heterocycles. The number of esters is 1. The van der Waals surface area contributed by atoms with E-state index in [1.165, 1.54) is 7.11 Å². The van der Waals surface area contributed by atoms with Crippen LogP contribution in [-0.4, -0.2) is 24.6 Å². The van der Waals surface area contributed by atoms with Gasteiger partial charge in [-0.3, -0.25) is 4.57 Å². The van der Waals surface area contributed by atoms with E-state index in [1.807, 2.05) is 0 Å². The zero-order valence-corrected chi connectivity index (χ0v) is 14.4. The maximum atomic E-state index is 11.7. The van der Waals surface area contributed by atoms with Gasteiger partial charge < -0.3 is 18.9 Å². The number of hydrogen-bond acceptors (Lipinski definition) is 5. The Bertz CT molecular complexity index is 724. The number of rotatable bonds is 7. The SMILES string of the molecule is CCOP(=O)(O)Cc1ccc(Oc2ccc(C(=O)OC)cc2)cc1. The standard InChI is InChI=1S/C17H19O6P/c1-3-22-24(19,20)12-13-4-8-15(9-5-13)23-16-10-6-14(7-11-16)17(18)21-2/h4-11H,3,12H2,1-2H3,(H,19,20). The lowest BCUT2D eigenvalue weighted by Crippen LogP contribution is -2.00. The van der Waals surface area contributed by atoms with Crippen LogP contribution in [0.2, 0.25) is 0 Å². The molecule has 7 heteroatoms. The van der Waals surface area contributed by atoms with E-state index in [2.05, 4.69) is 4.74 Å². The predicted molar refractivity (Wildman–Crippen MR) is 89.5 cm³/mol. The van der Waals surface area contributed by atoms with E-state index in [0.717, 1.165) is 0 Å². The summed E-state index contributed by atoms with van der Waals surface area (Å²) < 4.78 is 26.9. The molecule has 6 nitrogen and oxygen atoms in total. The molecule has 0 fully saturated rings. The Hall–Kier alpha value is -2.14. The van der Waals surface area contributed by atoms with Crippen molar-refractivity contribution in [1.82, 2.24) is 0 Å². The molecule has 0 radical (unpaired) electrons. The summed E-state index contributed by atoms with van der Waals surface area (Å²) in [6, 6.07) is 13.4.